The molecule has 1 amide bonds. The fourth-order valence-electron chi connectivity index (χ4n) is 1.41. The van der Waals surface area contributed by atoms with Crippen LogP contribution in [0.5, 0.6) is 0 Å². The number of carbonyl (C=O) groups excluding carboxylic acids is 1. The molecule has 6 nitrogen and oxygen atoms in total. The Hall–Kier alpha value is -1.89. The molecule has 0 unspecified atom stereocenters. The number of amides is 1. The number of hydrogen-bond donors (Lipinski definition) is 2. The smallest absolute Gasteiger partial charge is 0.255 e. The van der Waals surface area contributed by atoms with E-state index >= 15 is 0 Å². The van der Waals surface area contributed by atoms with Crippen LogP contribution in [0.2, 0.25) is 0 Å². The average molecular weight is 311 g/mol. The average Bonchev–Trinajstić information content (AvgIpc) is 2.89. The lowest BCUT2D eigenvalue weighted by Gasteiger charge is -2.08. The Bertz CT molecular complexity index is 542. The highest BCUT2D eigenvalue weighted by Crippen LogP contribution is 2.17. The van der Waals surface area contributed by atoms with E-state index in [1.165, 1.54) is 6.20 Å². The predicted octanol–water partition coefficient (Wildman–Crippen LogP) is 1.80. The highest BCUT2D eigenvalue weighted by Gasteiger charge is 2.12. The molecular formula is C11H11BrN4O2. The highest BCUT2D eigenvalue weighted by atomic mass is 79.9. The number of pyridine rings is 1. The molecule has 0 saturated heterocycles. The number of aromatic nitrogens is 2. The lowest BCUT2D eigenvalue weighted by atomic mass is 10.2. The van der Waals surface area contributed by atoms with E-state index in [-0.39, 0.29) is 12.5 Å². The van der Waals surface area contributed by atoms with Crippen LogP contribution in [0.4, 0.5) is 5.82 Å². The first kappa shape index (κ1) is 12.6. The van der Waals surface area contributed by atoms with E-state index in [1.54, 1.807) is 25.4 Å². The quantitative estimate of drug-likeness (QED) is 0.900. The van der Waals surface area contributed by atoms with Crippen LogP contribution < -0.4 is 10.6 Å². The van der Waals surface area contributed by atoms with E-state index in [2.05, 4.69) is 36.7 Å². The molecule has 2 heterocycles. The Morgan fingerprint density at radius 2 is 2.39 bits per heavy atom. The summed E-state index contributed by atoms with van der Waals surface area (Å²) in [5.74, 6) is 0.884. The van der Waals surface area contributed by atoms with Gasteiger partial charge in [-0.05, 0) is 22.0 Å². The first-order chi connectivity index (χ1) is 8.70. The van der Waals surface area contributed by atoms with Gasteiger partial charge in [-0.15, -0.1) is 0 Å². The molecule has 2 N–H and O–H groups in total. The summed E-state index contributed by atoms with van der Waals surface area (Å²) in [5.41, 5.74) is 0.464. The summed E-state index contributed by atoms with van der Waals surface area (Å²) in [7, 11) is 1.71. The van der Waals surface area contributed by atoms with Crippen LogP contribution in [-0.4, -0.2) is 23.1 Å². The minimum absolute atomic E-state index is 0.232. The minimum atomic E-state index is -0.232. The van der Waals surface area contributed by atoms with Crippen LogP contribution in [-0.2, 0) is 6.54 Å². The fourth-order valence-corrected chi connectivity index (χ4v) is 1.74. The molecule has 0 bridgehead atoms. The first-order valence-corrected chi connectivity index (χ1v) is 6.01. The largest absolute Gasteiger partial charge is 0.372 e. The molecule has 0 fully saturated rings. The zero-order valence-electron chi connectivity index (χ0n) is 9.61. The third-order valence-electron chi connectivity index (χ3n) is 2.25. The number of hydrogen-bond acceptors (Lipinski definition) is 5. The zero-order valence-corrected chi connectivity index (χ0v) is 11.2. The van der Waals surface area contributed by atoms with Gasteiger partial charge in [0.15, 0.2) is 5.76 Å². The topological polar surface area (TPSA) is 80.0 Å². The Kier molecular flexibility index (Phi) is 3.93. The minimum Gasteiger partial charge on any atom is -0.372 e. The van der Waals surface area contributed by atoms with Crippen LogP contribution in [0, 0.1) is 0 Å². The molecule has 0 aliphatic heterocycles. The van der Waals surface area contributed by atoms with Crippen LogP contribution >= 0.6 is 15.9 Å². The molecule has 0 atom stereocenters. The third-order valence-corrected chi connectivity index (χ3v) is 2.68. The summed E-state index contributed by atoms with van der Waals surface area (Å²) in [6.07, 6.45) is 3.15. The number of anilines is 1. The van der Waals surface area contributed by atoms with Crippen molar-refractivity contribution in [2.24, 2.45) is 0 Å². The molecule has 0 spiro atoms. The monoisotopic (exact) mass is 310 g/mol. The van der Waals surface area contributed by atoms with E-state index in [0.717, 1.165) is 4.47 Å². The van der Waals surface area contributed by atoms with Crippen LogP contribution in [0.1, 0.15) is 16.1 Å². The predicted molar refractivity (Wildman–Crippen MR) is 69.2 cm³/mol. The van der Waals surface area contributed by atoms with Crippen molar-refractivity contribution in [3.8, 4) is 0 Å². The van der Waals surface area contributed by atoms with Gasteiger partial charge in [-0.2, -0.15) is 0 Å². The molecule has 0 radical (unpaired) electrons. The van der Waals surface area contributed by atoms with Gasteiger partial charge in [0.1, 0.15) is 5.82 Å². The molecule has 0 aliphatic carbocycles. The second-order valence-electron chi connectivity index (χ2n) is 3.46. The van der Waals surface area contributed by atoms with Crippen LogP contribution in [0.25, 0.3) is 0 Å². The maximum atomic E-state index is 12.0. The van der Waals surface area contributed by atoms with E-state index in [1.807, 2.05) is 0 Å². The molecule has 2 aromatic heterocycles. The molecule has 2 aromatic rings. The third kappa shape index (κ3) is 2.86. The fraction of sp³-hybridized carbons (Fsp3) is 0.182. The summed E-state index contributed by atoms with van der Waals surface area (Å²) >= 11 is 3.28. The Balaban J connectivity index is 2.10. The van der Waals surface area contributed by atoms with Gasteiger partial charge in [-0.25, -0.2) is 4.98 Å². The Morgan fingerprint density at radius 1 is 1.56 bits per heavy atom. The number of carbonyl (C=O) groups is 1. The Morgan fingerprint density at radius 3 is 3.06 bits per heavy atom. The van der Waals surface area contributed by atoms with Crippen molar-refractivity contribution in [3.05, 3.63) is 40.3 Å². The van der Waals surface area contributed by atoms with E-state index < -0.39 is 0 Å². The number of halogens is 1. The summed E-state index contributed by atoms with van der Waals surface area (Å²) in [6.45, 7) is 0.286. The van der Waals surface area contributed by atoms with E-state index in [0.29, 0.717) is 17.1 Å². The molecule has 94 valence electrons. The van der Waals surface area contributed by atoms with Gasteiger partial charge in [0.25, 0.3) is 5.91 Å². The van der Waals surface area contributed by atoms with Crippen molar-refractivity contribution < 1.29 is 9.32 Å². The van der Waals surface area contributed by atoms with Crippen molar-refractivity contribution in [1.29, 1.82) is 0 Å². The molecular weight excluding hydrogens is 300 g/mol. The van der Waals surface area contributed by atoms with Gasteiger partial charge in [0, 0.05) is 23.8 Å². The van der Waals surface area contributed by atoms with E-state index in [4.69, 9.17) is 4.52 Å². The van der Waals surface area contributed by atoms with E-state index in [9.17, 15) is 4.79 Å². The van der Waals surface area contributed by atoms with Gasteiger partial charge < -0.3 is 15.2 Å². The lowest BCUT2D eigenvalue weighted by molar-refractivity contribution is 0.0947. The second kappa shape index (κ2) is 5.63. The second-order valence-corrected chi connectivity index (χ2v) is 4.38. The number of rotatable bonds is 4. The normalized spacial score (nSPS) is 10.1. The summed E-state index contributed by atoms with van der Waals surface area (Å²) < 4.78 is 5.64. The molecule has 0 saturated carbocycles. The lowest BCUT2D eigenvalue weighted by Crippen LogP contribution is -2.23. The van der Waals surface area contributed by atoms with Gasteiger partial charge in [0.05, 0.1) is 18.3 Å². The SMILES string of the molecule is CNc1ncc(Br)cc1C(=O)NCc1ccno1. The summed E-state index contributed by atoms with van der Waals surface area (Å²) in [5, 5.41) is 9.16. The maximum Gasteiger partial charge on any atom is 0.255 e. The zero-order chi connectivity index (χ0) is 13.0. The Labute approximate surface area is 112 Å². The van der Waals surface area contributed by atoms with Gasteiger partial charge in [-0.1, -0.05) is 5.16 Å². The number of nitrogens with one attached hydrogen (secondary N) is 2. The van der Waals surface area contributed by atoms with Crippen LogP contribution in [0.15, 0.2) is 33.5 Å². The first-order valence-electron chi connectivity index (χ1n) is 5.21. The van der Waals surface area contributed by atoms with Crippen molar-refractivity contribution in [2.75, 3.05) is 12.4 Å². The molecule has 0 aromatic carbocycles. The van der Waals surface area contributed by atoms with Crippen molar-refractivity contribution in [2.45, 2.75) is 6.54 Å². The van der Waals surface area contributed by atoms with Crippen molar-refractivity contribution in [1.82, 2.24) is 15.5 Å². The molecule has 2 rings (SSSR count). The summed E-state index contributed by atoms with van der Waals surface area (Å²) in [4.78, 5) is 16.1. The standard InChI is InChI=1S/C11H11BrN4O2/c1-13-10-9(4-7(12)5-14-10)11(17)15-6-8-2-3-16-18-8/h2-5H,6H2,1H3,(H,13,14)(H,15,17). The number of nitrogens with zero attached hydrogens (tertiary/aromatic N) is 2. The molecule has 0 aliphatic rings. The molecule has 18 heavy (non-hydrogen) atoms. The maximum absolute atomic E-state index is 12.0. The summed E-state index contributed by atoms with van der Waals surface area (Å²) in [6, 6.07) is 3.40. The highest BCUT2D eigenvalue weighted by molar-refractivity contribution is 9.10. The van der Waals surface area contributed by atoms with Crippen molar-refractivity contribution >= 4 is 27.7 Å². The van der Waals surface area contributed by atoms with Crippen molar-refractivity contribution in [3.63, 3.8) is 0 Å². The van der Waals surface area contributed by atoms with Gasteiger partial charge >= 0.3 is 0 Å². The molecule has 7 heteroatoms. The van der Waals surface area contributed by atoms with Gasteiger partial charge in [-0.3, -0.25) is 4.79 Å². The van der Waals surface area contributed by atoms with Crippen LogP contribution in [0.3, 0.4) is 0 Å². The van der Waals surface area contributed by atoms with Gasteiger partial charge in [0.2, 0.25) is 0 Å².